The molecule has 0 aliphatic rings. The van der Waals surface area contributed by atoms with Crippen molar-refractivity contribution < 1.29 is 19.4 Å². The summed E-state index contributed by atoms with van der Waals surface area (Å²) >= 11 is 0. The van der Waals surface area contributed by atoms with Gasteiger partial charge in [-0.2, -0.15) is 0 Å². The minimum absolute atomic E-state index is 0.107. The molecule has 0 saturated carbocycles. The number of carboxylic acid groups (broad SMARTS) is 1. The lowest BCUT2D eigenvalue weighted by atomic mass is 9.97. The number of pyridine rings is 1. The minimum Gasteiger partial charge on any atom is -0.493 e. The topological polar surface area (TPSA) is 127 Å². The third-order valence-electron chi connectivity index (χ3n) is 7.01. The van der Waals surface area contributed by atoms with E-state index in [9.17, 15) is 19.5 Å². The Morgan fingerprint density at radius 2 is 1.71 bits per heavy atom. The second-order valence-electron chi connectivity index (χ2n) is 9.23. The van der Waals surface area contributed by atoms with Crippen LogP contribution in [0.5, 0.6) is 5.75 Å². The van der Waals surface area contributed by atoms with Crippen LogP contribution in [0.25, 0.3) is 32.8 Å². The highest BCUT2D eigenvalue weighted by molar-refractivity contribution is 6.04. The number of para-hydroxylation sites is 1. The number of rotatable bonds is 8. The van der Waals surface area contributed by atoms with E-state index in [2.05, 4.69) is 4.98 Å². The molecule has 0 bridgehead atoms. The number of carbonyl (C=O) groups excluding carboxylic acids is 1. The Balaban J connectivity index is 1.49. The summed E-state index contributed by atoms with van der Waals surface area (Å²) in [5, 5.41) is 12.8. The number of nitrogens with two attached hydrogens (primary N) is 1. The van der Waals surface area contributed by atoms with E-state index in [4.69, 9.17) is 10.5 Å². The second-order valence-corrected chi connectivity index (χ2v) is 9.23. The number of H-pyrrole nitrogens is 1. The lowest BCUT2D eigenvalue weighted by molar-refractivity contribution is 0.0690. The Kier molecular flexibility index (Phi) is 6.46. The number of primary amides is 1. The number of hydrogen-bond donors (Lipinski definition) is 3. The fraction of sp³-hybridized carbons (Fsp3) is 0.167. The van der Waals surface area contributed by atoms with Crippen molar-refractivity contribution in [2.75, 3.05) is 6.61 Å². The zero-order valence-electron chi connectivity index (χ0n) is 21.1. The molecule has 8 heteroatoms. The van der Waals surface area contributed by atoms with Crippen LogP contribution in [0.3, 0.4) is 0 Å². The maximum atomic E-state index is 12.5. The summed E-state index contributed by atoms with van der Waals surface area (Å²) < 4.78 is 7.44. The van der Waals surface area contributed by atoms with Gasteiger partial charge in [0.1, 0.15) is 17.0 Å². The van der Waals surface area contributed by atoms with Crippen LogP contribution in [-0.2, 0) is 13.5 Å². The number of benzene rings is 3. The smallest absolute Gasteiger partial charge is 0.352 e. The molecule has 0 fully saturated rings. The number of hydrogen-bond acceptors (Lipinski definition) is 4. The van der Waals surface area contributed by atoms with Gasteiger partial charge in [0, 0.05) is 34.6 Å². The van der Waals surface area contributed by atoms with E-state index in [1.807, 2.05) is 60.7 Å². The number of ether oxygens (including phenoxy) is 1. The average molecular weight is 510 g/mol. The van der Waals surface area contributed by atoms with E-state index >= 15 is 0 Å². The summed E-state index contributed by atoms with van der Waals surface area (Å²) in [6.07, 6.45) is 1.08. The van der Waals surface area contributed by atoms with Crippen LogP contribution in [0.15, 0.2) is 71.5 Å². The summed E-state index contributed by atoms with van der Waals surface area (Å²) in [6.45, 7) is 2.19. The number of carbonyl (C=O) groups is 2. The van der Waals surface area contributed by atoms with Crippen LogP contribution in [0.4, 0.5) is 0 Å². The molecule has 2 heterocycles. The second kappa shape index (κ2) is 9.89. The first-order valence-corrected chi connectivity index (χ1v) is 12.3. The monoisotopic (exact) mass is 509 g/mol. The molecule has 2 aromatic heterocycles. The van der Waals surface area contributed by atoms with Crippen molar-refractivity contribution in [1.82, 2.24) is 9.55 Å². The van der Waals surface area contributed by atoms with Gasteiger partial charge in [0.25, 0.3) is 11.5 Å². The highest BCUT2D eigenvalue weighted by Gasteiger charge is 2.21. The summed E-state index contributed by atoms with van der Waals surface area (Å²) in [5.41, 5.74) is 8.18. The highest BCUT2D eigenvalue weighted by atomic mass is 16.5. The first-order valence-electron chi connectivity index (χ1n) is 12.3. The molecule has 0 spiro atoms. The van der Waals surface area contributed by atoms with E-state index < -0.39 is 17.4 Å². The number of aromatic carboxylic acids is 1. The quantitative estimate of drug-likeness (QED) is 0.259. The molecule has 8 nitrogen and oxygen atoms in total. The minimum atomic E-state index is -1.06. The van der Waals surface area contributed by atoms with Crippen molar-refractivity contribution in [3.05, 3.63) is 99.6 Å². The maximum Gasteiger partial charge on any atom is 0.352 e. The molecule has 5 rings (SSSR count). The number of aryl methyl sites for hydroxylation is 1. The Bertz CT molecular complexity index is 1780. The molecule has 0 atom stereocenters. The lowest BCUT2D eigenvalue weighted by Crippen LogP contribution is -2.29. The molecular weight excluding hydrogens is 482 g/mol. The first-order chi connectivity index (χ1) is 18.3. The molecule has 0 unspecified atom stereocenters. The number of fused-ring (bicyclic) bond motifs is 2. The maximum absolute atomic E-state index is 12.5. The van der Waals surface area contributed by atoms with Gasteiger partial charge < -0.3 is 25.1 Å². The Morgan fingerprint density at radius 3 is 2.47 bits per heavy atom. The van der Waals surface area contributed by atoms with Gasteiger partial charge in [0.15, 0.2) is 0 Å². The highest BCUT2D eigenvalue weighted by Crippen LogP contribution is 2.34. The standard InChI is InChI=1S/C30H27N3O5/c1-17-23(16-24(28(31)34)29(35)33(17)2)22-12-6-11-20-21(27(30(36)37)32-26(20)22)13-7-15-38-25-14-5-9-18-8-3-4-10-19(18)25/h3-6,8-12,14,16,32H,7,13,15H2,1-2H3,(H2,31,34)(H,36,37). The average Bonchev–Trinajstić information content (AvgIpc) is 3.29. The molecule has 1 amide bonds. The van der Waals surface area contributed by atoms with Crippen molar-refractivity contribution in [3.63, 3.8) is 0 Å². The summed E-state index contributed by atoms with van der Waals surface area (Å²) in [6, 6.07) is 20.9. The number of aromatic nitrogens is 2. The third-order valence-corrected chi connectivity index (χ3v) is 7.01. The predicted octanol–water partition coefficient (Wildman–Crippen LogP) is 4.80. The van der Waals surface area contributed by atoms with Crippen molar-refractivity contribution in [3.8, 4) is 16.9 Å². The van der Waals surface area contributed by atoms with Gasteiger partial charge in [-0.05, 0) is 42.8 Å². The Morgan fingerprint density at radius 1 is 1.00 bits per heavy atom. The van der Waals surface area contributed by atoms with Gasteiger partial charge in [0.05, 0.1) is 12.1 Å². The van der Waals surface area contributed by atoms with Crippen LogP contribution in [0.2, 0.25) is 0 Å². The van der Waals surface area contributed by atoms with Gasteiger partial charge in [-0.25, -0.2) is 4.79 Å². The molecule has 192 valence electrons. The fourth-order valence-corrected chi connectivity index (χ4v) is 4.97. The van der Waals surface area contributed by atoms with Crippen LogP contribution in [-0.4, -0.2) is 33.1 Å². The fourth-order valence-electron chi connectivity index (χ4n) is 4.97. The molecular formula is C30H27N3O5. The number of aromatic amines is 1. The van der Waals surface area contributed by atoms with Crippen molar-refractivity contribution in [1.29, 1.82) is 0 Å². The van der Waals surface area contributed by atoms with E-state index in [1.165, 1.54) is 10.6 Å². The van der Waals surface area contributed by atoms with E-state index in [0.717, 1.165) is 21.9 Å². The normalized spacial score (nSPS) is 11.2. The van der Waals surface area contributed by atoms with Crippen molar-refractivity contribution in [2.24, 2.45) is 12.8 Å². The third kappa shape index (κ3) is 4.30. The van der Waals surface area contributed by atoms with E-state index in [0.29, 0.717) is 47.3 Å². The molecule has 3 aromatic carbocycles. The molecule has 4 N–H and O–H groups in total. The zero-order valence-corrected chi connectivity index (χ0v) is 21.1. The summed E-state index contributed by atoms with van der Waals surface area (Å²) in [5.74, 6) is -1.09. The molecule has 0 aliphatic carbocycles. The van der Waals surface area contributed by atoms with Crippen LogP contribution < -0.4 is 16.0 Å². The van der Waals surface area contributed by atoms with Gasteiger partial charge in [-0.15, -0.1) is 0 Å². The number of nitrogens with one attached hydrogen (secondary N) is 1. The largest absolute Gasteiger partial charge is 0.493 e. The van der Waals surface area contributed by atoms with Crippen LogP contribution >= 0.6 is 0 Å². The Hall–Kier alpha value is -4.85. The number of amides is 1. The van der Waals surface area contributed by atoms with Crippen LogP contribution in [0.1, 0.15) is 38.5 Å². The molecule has 0 saturated heterocycles. The van der Waals surface area contributed by atoms with Gasteiger partial charge in [-0.1, -0.05) is 54.6 Å². The predicted molar refractivity (Wildman–Crippen MR) is 147 cm³/mol. The molecule has 0 aliphatic heterocycles. The Labute approximate surface area is 218 Å². The summed E-state index contributed by atoms with van der Waals surface area (Å²) in [7, 11) is 1.58. The van der Waals surface area contributed by atoms with Gasteiger partial charge in [-0.3, -0.25) is 9.59 Å². The number of nitrogens with zero attached hydrogens (tertiary/aromatic N) is 1. The van der Waals surface area contributed by atoms with E-state index in [-0.39, 0.29) is 11.3 Å². The SMILES string of the molecule is Cc1c(-c2cccc3c(CCCOc4cccc5ccccc45)c(C(=O)O)[nH]c23)cc(C(N)=O)c(=O)n1C. The number of carboxylic acids is 1. The van der Waals surface area contributed by atoms with Gasteiger partial charge >= 0.3 is 5.97 Å². The van der Waals surface area contributed by atoms with E-state index in [1.54, 1.807) is 14.0 Å². The molecule has 38 heavy (non-hydrogen) atoms. The molecule has 5 aromatic rings. The van der Waals surface area contributed by atoms with Gasteiger partial charge in [0.2, 0.25) is 0 Å². The van der Waals surface area contributed by atoms with Crippen LogP contribution in [0, 0.1) is 6.92 Å². The molecule has 0 radical (unpaired) electrons. The van der Waals surface area contributed by atoms with Crippen molar-refractivity contribution >= 4 is 33.6 Å². The summed E-state index contributed by atoms with van der Waals surface area (Å²) in [4.78, 5) is 39.7. The first kappa shape index (κ1) is 24.8. The zero-order chi connectivity index (χ0) is 27.0. The van der Waals surface area contributed by atoms with Crippen molar-refractivity contribution in [2.45, 2.75) is 19.8 Å². The lowest BCUT2D eigenvalue weighted by Gasteiger charge is -2.13.